The normalized spacial score (nSPS) is 11.0. The summed E-state index contributed by atoms with van der Waals surface area (Å²) in [6, 6.07) is 0. The fourth-order valence-electron chi connectivity index (χ4n) is 1.14. The summed E-state index contributed by atoms with van der Waals surface area (Å²) >= 11 is 0. The fraction of sp³-hybridized carbons (Fsp3) is 0.600. The Kier molecular flexibility index (Phi) is 7.49. The van der Waals surface area contributed by atoms with Crippen LogP contribution in [0.4, 0.5) is 0 Å². The van der Waals surface area contributed by atoms with Gasteiger partial charge in [0.2, 0.25) is 0 Å². The molecule has 0 atom stereocenters. The summed E-state index contributed by atoms with van der Waals surface area (Å²) in [5.74, 6) is -1.94. The molecule has 0 aliphatic rings. The second-order valence-electron chi connectivity index (χ2n) is 3.26. The van der Waals surface area contributed by atoms with Crippen LogP contribution in [-0.2, 0) is 9.59 Å². The molecule has 0 saturated heterocycles. The SMILES string of the molecule is [CH]CN(CCN(C[CH])CC(=O)O)CC(=O)O. The van der Waals surface area contributed by atoms with Gasteiger partial charge in [-0.25, -0.2) is 0 Å². The van der Waals surface area contributed by atoms with Gasteiger partial charge in [0.15, 0.2) is 0 Å². The molecule has 0 fully saturated rings. The predicted octanol–water partition coefficient (Wildman–Crippen LogP) is -0.818. The highest BCUT2D eigenvalue weighted by Gasteiger charge is 2.11. The fourth-order valence-corrected chi connectivity index (χ4v) is 1.14. The Bertz CT molecular complexity index is 209. The van der Waals surface area contributed by atoms with Gasteiger partial charge in [-0.3, -0.25) is 19.4 Å². The number of carbonyl (C=O) groups is 2. The molecule has 0 aliphatic heterocycles. The molecular weight excluding hydrogens is 212 g/mol. The quantitative estimate of drug-likeness (QED) is 0.537. The molecule has 0 aromatic carbocycles. The van der Waals surface area contributed by atoms with Crippen molar-refractivity contribution in [2.75, 3.05) is 39.3 Å². The van der Waals surface area contributed by atoms with Crippen LogP contribution >= 0.6 is 0 Å². The van der Waals surface area contributed by atoms with Gasteiger partial charge in [0.05, 0.1) is 13.1 Å². The van der Waals surface area contributed by atoms with Gasteiger partial charge >= 0.3 is 11.9 Å². The van der Waals surface area contributed by atoms with Gasteiger partial charge in [0, 0.05) is 26.2 Å². The van der Waals surface area contributed by atoms with Crippen molar-refractivity contribution >= 4 is 11.9 Å². The standard InChI is InChI=1S/C10H16N2O4/c1-3-11(7-9(13)14)5-6-12(4-2)8-10(15)16/h1-2H,3-8H2,(H,13,14)(H,15,16). The Hall–Kier alpha value is -1.14. The highest BCUT2D eigenvalue weighted by atomic mass is 16.4. The van der Waals surface area contributed by atoms with E-state index in [1.807, 2.05) is 0 Å². The minimum atomic E-state index is -0.969. The van der Waals surface area contributed by atoms with Gasteiger partial charge in [0.25, 0.3) is 0 Å². The van der Waals surface area contributed by atoms with Gasteiger partial charge in [0.1, 0.15) is 0 Å². The zero-order valence-corrected chi connectivity index (χ0v) is 9.00. The molecular formula is C10H16N2O4. The third-order valence-electron chi connectivity index (χ3n) is 1.97. The minimum absolute atomic E-state index is 0.109. The molecule has 0 aromatic heterocycles. The molecule has 0 rings (SSSR count). The first kappa shape index (κ1) is 14.9. The number of aliphatic carboxylic acids is 2. The van der Waals surface area contributed by atoms with Crippen molar-refractivity contribution in [3.05, 3.63) is 13.8 Å². The van der Waals surface area contributed by atoms with Crippen LogP contribution in [0.25, 0.3) is 0 Å². The van der Waals surface area contributed by atoms with Crippen LogP contribution in [0.5, 0.6) is 0 Å². The Morgan fingerprint density at radius 3 is 1.38 bits per heavy atom. The molecule has 0 spiro atoms. The van der Waals surface area contributed by atoms with Crippen LogP contribution in [0, 0.1) is 13.8 Å². The van der Waals surface area contributed by atoms with E-state index < -0.39 is 11.9 Å². The van der Waals surface area contributed by atoms with Crippen molar-refractivity contribution < 1.29 is 19.8 Å². The summed E-state index contributed by atoms with van der Waals surface area (Å²) in [5.41, 5.74) is 0. The molecule has 90 valence electrons. The van der Waals surface area contributed by atoms with Gasteiger partial charge in [-0.1, -0.05) is 0 Å². The Labute approximate surface area is 95.5 Å². The summed E-state index contributed by atoms with van der Waals surface area (Å²) in [7, 11) is 0. The van der Waals surface area contributed by atoms with E-state index in [0.29, 0.717) is 13.1 Å². The van der Waals surface area contributed by atoms with E-state index in [1.165, 1.54) is 9.80 Å². The van der Waals surface area contributed by atoms with Crippen LogP contribution in [0.1, 0.15) is 0 Å². The van der Waals surface area contributed by atoms with E-state index in [4.69, 9.17) is 24.1 Å². The number of nitrogens with zero attached hydrogens (tertiary/aromatic N) is 2. The Balaban J connectivity index is 3.96. The summed E-state index contributed by atoms with van der Waals surface area (Å²) in [6.07, 6.45) is 0. The van der Waals surface area contributed by atoms with E-state index in [1.54, 1.807) is 0 Å². The minimum Gasteiger partial charge on any atom is -0.480 e. The first-order chi connectivity index (χ1) is 7.49. The summed E-state index contributed by atoms with van der Waals surface area (Å²) in [5, 5.41) is 17.1. The van der Waals surface area contributed by atoms with Crippen LogP contribution in [0.3, 0.4) is 0 Å². The number of carboxylic acid groups (broad SMARTS) is 2. The van der Waals surface area contributed by atoms with Crippen molar-refractivity contribution in [3.8, 4) is 0 Å². The van der Waals surface area contributed by atoms with Crippen LogP contribution < -0.4 is 0 Å². The Morgan fingerprint density at radius 2 is 1.19 bits per heavy atom. The summed E-state index contributed by atoms with van der Waals surface area (Å²) in [4.78, 5) is 23.8. The van der Waals surface area contributed by atoms with Gasteiger partial charge < -0.3 is 10.2 Å². The van der Waals surface area contributed by atoms with Gasteiger partial charge in [-0.05, 0) is 13.8 Å². The smallest absolute Gasteiger partial charge is 0.317 e. The molecule has 0 bridgehead atoms. The molecule has 0 aromatic rings. The third kappa shape index (κ3) is 7.19. The lowest BCUT2D eigenvalue weighted by Crippen LogP contribution is -2.39. The molecule has 0 aliphatic carbocycles. The highest BCUT2D eigenvalue weighted by Crippen LogP contribution is 1.92. The highest BCUT2D eigenvalue weighted by molar-refractivity contribution is 5.69. The maximum Gasteiger partial charge on any atom is 0.317 e. The zero-order chi connectivity index (χ0) is 12.6. The molecule has 0 heterocycles. The molecule has 16 heavy (non-hydrogen) atoms. The second-order valence-corrected chi connectivity index (χ2v) is 3.26. The van der Waals surface area contributed by atoms with Crippen molar-refractivity contribution in [1.29, 1.82) is 0 Å². The average Bonchev–Trinajstić information content (AvgIpc) is 2.20. The molecule has 0 unspecified atom stereocenters. The topological polar surface area (TPSA) is 81.1 Å². The van der Waals surface area contributed by atoms with Gasteiger partial charge in [-0.2, -0.15) is 0 Å². The first-order valence-electron chi connectivity index (χ1n) is 4.78. The van der Waals surface area contributed by atoms with Crippen molar-refractivity contribution in [1.82, 2.24) is 9.80 Å². The molecule has 6 nitrogen and oxygen atoms in total. The predicted molar refractivity (Wildman–Crippen MR) is 56.8 cm³/mol. The number of hydrogen-bond donors (Lipinski definition) is 2. The molecule has 0 saturated carbocycles. The maximum atomic E-state index is 10.4. The summed E-state index contributed by atoms with van der Waals surface area (Å²) < 4.78 is 0. The van der Waals surface area contributed by atoms with E-state index >= 15 is 0 Å². The molecule has 2 N–H and O–H groups in total. The molecule has 6 heteroatoms. The van der Waals surface area contributed by atoms with Gasteiger partial charge in [-0.15, -0.1) is 0 Å². The Morgan fingerprint density at radius 1 is 0.875 bits per heavy atom. The van der Waals surface area contributed by atoms with Crippen molar-refractivity contribution in [2.24, 2.45) is 0 Å². The van der Waals surface area contributed by atoms with E-state index in [2.05, 4.69) is 0 Å². The van der Waals surface area contributed by atoms with Crippen LogP contribution in [0.2, 0.25) is 0 Å². The van der Waals surface area contributed by atoms with Crippen molar-refractivity contribution in [2.45, 2.75) is 0 Å². The lowest BCUT2D eigenvalue weighted by molar-refractivity contribution is -0.140. The molecule has 0 amide bonds. The lowest BCUT2D eigenvalue weighted by atomic mass is 10.4. The average molecular weight is 228 g/mol. The van der Waals surface area contributed by atoms with E-state index in [-0.39, 0.29) is 26.2 Å². The van der Waals surface area contributed by atoms with Crippen molar-refractivity contribution in [3.63, 3.8) is 0 Å². The maximum absolute atomic E-state index is 10.4. The number of carboxylic acids is 2. The summed E-state index contributed by atoms with van der Waals surface area (Å²) in [6.45, 7) is 11.3. The molecule has 4 radical (unpaired) electrons. The largest absolute Gasteiger partial charge is 0.480 e. The third-order valence-corrected chi connectivity index (χ3v) is 1.97. The first-order valence-corrected chi connectivity index (χ1v) is 4.78. The zero-order valence-electron chi connectivity index (χ0n) is 9.00. The van der Waals surface area contributed by atoms with E-state index in [9.17, 15) is 9.59 Å². The van der Waals surface area contributed by atoms with Crippen LogP contribution in [-0.4, -0.2) is 71.2 Å². The van der Waals surface area contributed by atoms with Crippen LogP contribution in [0.15, 0.2) is 0 Å². The number of hydrogen-bond acceptors (Lipinski definition) is 4. The monoisotopic (exact) mass is 228 g/mol. The van der Waals surface area contributed by atoms with E-state index in [0.717, 1.165) is 0 Å². The number of rotatable bonds is 9. The second kappa shape index (κ2) is 8.06. The lowest BCUT2D eigenvalue weighted by Gasteiger charge is -2.23.